The summed E-state index contributed by atoms with van der Waals surface area (Å²) in [4.78, 5) is 24.5. The van der Waals surface area contributed by atoms with Crippen LogP contribution in [0.1, 0.15) is 322 Å². The van der Waals surface area contributed by atoms with Crippen LogP contribution in [0.4, 0.5) is 0 Å². The fraction of sp³-hybridized carbons (Fsp3) is 0.844. The van der Waals surface area contributed by atoms with Crippen molar-refractivity contribution in [3.8, 4) is 0 Å². The highest BCUT2D eigenvalue weighted by molar-refractivity contribution is 5.76. The molecular weight excluding hydrogens is 863 g/mol. The van der Waals surface area contributed by atoms with Crippen LogP contribution in [0.2, 0.25) is 0 Å². The maximum Gasteiger partial charge on any atom is 0.305 e. The molecule has 70 heavy (non-hydrogen) atoms. The van der Waals surface area contributed by atoms with E-state index >= 15 is 0 Å². The number of amides is 1. The summed E-state index contributed by atoms with van der Waals surface area (Å²) in [6, 6.07) is -0.635. The SMILES string of the molecule is CCCCCCCCC/C=C\CCCCCCCCCC(=O)OCCCCCCCCCCC/C=C\C/C=C\CCCCCCCCCC(=O)NC(CO)C(O)/C=C/CCCCCCCCCCCC. The molecule has 0 aromatic heterocycles. The van der Waals surface area contributed by atoms with E-state index in [1.165, 1.54) is 231 Å². The Labute approximate surface area is 436 Å². The maximum atomic E-state index is 12.4. The Morgan fingerprint density at radius 2 is 0.714 bits per heavy atom. The van der Waals surface area contributed by atoms with E-state index in [0.29, 0.717) is 19.4 Å². The molecule has 0 bridgehead atoms. The molecule has 0 aromatic rings. The summed E-state index contributed by atoms with van der Waals surface area (Å²) in [6.45, 7) is 4.89. The van der Waals surface area contributed by atoms with Crippen molar-refractivity contribution in [1.29, 1.82) is 0 Å². The van der Waals surface area contributed by atoms with Gasteiger partial charge in [-0.15, -0.1) is 0 Å². The lowest BCUT2D eigenvalue weighted by Gasteiger charge is -2.20. The summed E-state index contributed by atoms with van der Waals surface area (Å²) in [5.41, 5.74) is 0. The second-order valence-electron chi connectivity index (χ2n) is 21.0. The topological polar surface area (TPSA) is 95.9 Å². The third kappa shape index (κ3) is 55.1. The lowest BCUT2D eigenvalue weighted by atomic mass is 10.1. The molecule has 0 aliphatic rings. The normalized spacial score (nSPS) is 12.9. The molecule has 0 aliphatic heterocycles. The minimum Gasteiger partial charge on any atom is -0.466 e. The summed E-state index contributed by atoms with van der Waals surface area (Å²) in [6.07, 6.45) is 75.8. The number of hydrogen-bond donors (Lipinski definition) is 3. The van der Waals surface area contributed by atoms with Gasteiger partial charge in [0.15, 0.2) is 0 Å². The van der Waals surface area contributed by atoms with E-state index in [9.17, 15) is 19.8 Å². The highest BCUT2D eigenvalue weighted by Gasteiger charge is 2.18. The smallest absolute Gasteiger partial charge is 0.305 e. The van der Waals surface area contributed by atoms with Gasteiger partial charge in [-0.05, 0) is 89.9 Å². The lowest BCUT2D eigenvalue weighted by molar-refractivity contribution is -0.143. The molecule has 0 aliphatic carbocycles. The van der Waals surface area contributed by atoms with Crippen molar-refractivity contribution >= 4 is 11.9 Å². The monoisotopic (exact) mass is 982 g/mol. The van der Waals surface area contributed by atoms with Crippen LogP contribution in [-0.4, -0.2) is 47.4 Å². The highest BCUT2D eigenvalue weighted by Crippen LogP contribution is 2.16. The highest BCUT2D eigenvalue weighted by atomic mass is 16.5. The second kappa shape index (κ2) is 59.4. The van der Waals surface area contributed by atoms with E-state index < -0.39 is 12.1 Å². The number of ether oxygens (including phenoxy) is 1. The molecule has 6 nitrogen and oxygen atoms in total. The molecule has 410 valence electrons. The van der Waals surface area contributed by atoms with Gasteiger partial charge >= 0.3 is 5.97 Å². The Morgan fingerprint density at radius 1 is 0.400 bits per heavy atom. The van der Waals surface area contributed by atoms with Crippen LogP contribution in [-0.2, 0) is 14.3 Å². The van der Waals surface area contributed by atoms with Crippen molar-refractivity contribution in [3.05, 3.63) is 48.6 Å². The summed E-state index contributed by atoms with van der Waals surface area (Å²) >= 11 is 0. The van der Waals surface area contributed by atoms with Crippen molar-refractivity contribution in [3.63, 3.8) is 0 Å². The van der Waals surface area contributed by atoms with Crippen LogP contribution in [0.15, 0.2) is 48.6 Å². The van der Waals surface area contributed by atoms with E-state index in [4.69, 9.17) is 4.74 Å². The molecule has 0 heterocycles. The zero-order valence-electron chi connectivity index (χ0n) is 46.7. The van der Waals surface area contributed by atoms with Gasteiger partial charge in [0.2, 0.25) is 5.91 Å². The zero-order valence-corrected chi connectivity index (χ0v) is 46.7. The standard InChI is InChI=1S/C64H119NO5/c1-3-5-7-9-11-13-15-17-18-19-28-31-34-38-42-46-50-54-58-64(69)70-59-55-51-47-43-39-35-32-29-26-24-22-20-21-23-25-27-30-33-37-41-45-49-53-57-63(68)65-61(60-66)62(67)56-52-48-44-40-36-16-14-12-10-8-6-4-2/h18-20,22-23,25,52,56,61-62,66-67H,3-17,21,24,26-51,53-55,57-60H2,1-2H3,(H,65,68)/b19-18-,22-20-,25-23-,56-52+. The number of rotatable bonds is 57. The van der Waals surface area contributed by atoms with E-state index in [2.05, 4.69) is 55.6 Å². The van der Waals surface area contributed by atoms with Crippen molar-refractivity contribution < 1.29 is 24.5 Å². The molecule has 0 radical (unpaired) electrons. The van der Waals surface area contributed by atoms with Crippen molar-refractivity contribution in [2.45, 2.75) is 334 Å². The van der Waals surface area contributed by atoms with E-state index in [1.54, 1.807) is 6.08 Å². The molecular formula is C64H119NO5. The molecule has 0 rings (SSSR count). The van der Waals surface area contributed by atoms with E-state index in [1.807, 2.05) is 6.08 Å². The minimum atomic E-state index is -0.851. The van der Waals surface area contributed by atoms with Crippen molar-refractivity contribution in [1.82, 2.24) is 5.32 Å². The fourth-order valence-corrected chi connectivity index (χ4v) is 9.31. The maximum absolute atomic E-state index is 12.4. The summed E-state index contributed by atoms with van der Waals surface area (Å²) in [5, 5.41) is 23.0. The number of carbonyl (C=O) groups excluding carboxylic acids is 2. The van der Waals surface area contributed by atoms with Gasteiger partial charge in [0, 0.05) is 12.8 Å². The lowest BCUT2D eigenvalue weighted by Crippen LogP contribution is -2.45. The second-order valence-corrected chi connectivity index (χ2v) is 21.0. The number of aliphatic hydroxyl groups excluding tert-OH is 2. The molecule has 1 amide bonds. The number of nitrogens with one attached hydrogen (secondary N) is 1. The Morgan fingerprint density at radius 3 is 1.10 bits per heavy atom. The average molecular weight is 983 g/mol. The van der Waals surface area contributed by atoms with E-state index in [-0.39, 0.29) is 18.5 Å². The van der Waals surface area contributed by atoms with Crippen molar-refractivity contribution in [2.24, 2.45) is 0 Å². The van der Waals surface area contributed by atoms with Gasteiger partial charge in [-0.2, -0.15) is 0 Å². The molecule has 3 N–H and O–H groups in total. The summed E-state index contributed by atoms with van der Waals surface area (Å²) < 4.78 is 5.49. The Kier molecular flexibility index (Phi) is 57.5. The third-order valence-corrected chi connectivity index (χ3v) is 14.1. The molecule has 0 saturated heterocycles. The van der Waals surface area contributed by atoms with Crippen LogP contribution < -0.4 is 5.32 Å². The number of esters is 1. The van der Waals surface area contributed by atoms with Crippen LogP contribution in [0, 0.1) is 0 Å². The van der Waals surface area contributed by atoms with Crippen LogP contribution in [0.25, 0.3) is 0 Å². The molecule has 0 saturated carbocycles. The number of allylic oxidation sites excluding steroid dienone is 7. The summed E-state index contributed by atoms with van der Waals surface area (Å²) in [5.74, 6) is -0.0762. The number of carbonyl (C=O) groups is 2. The number of unbranched alkanes of at least 4 members (excludes halogenated alkanes) is 40. The predicted molar refractivity (Wildman–Crippen MR) is 306 cm³/mol. The van der Waals surface area contributed by atoms with Gasteiger partial charge in [-0.3, -0.25) is 9.59 Å². The predicted octanol–water partition coefficient (Wildman–Crippen LogP) is 19.4. The molecule has 6 heteroatoms. The number of aliphatic hydroxyl groups is 2. The first-order valence-electron chi connectivity index (χ1n) is 30.9. The van der Waals surface area contributed by atoms with Crippen LogP contribution in [0.3, 0.4) is 0 Å². The van der Waals surface area contributed by atoms with Gasteiger partial charge in [-0.25, -0.2) is 0 Å². The first kappa shape index (κ1) is 67.8. The van der Waals surface area contributed by atoms with Gasteiger partial charge < -0.3 is 20.3 Å². The first-order valence-corrected chi connectivity index (χ1v) is 30.9. The molecule has 2 atom stereocenters. The fourth-order valence-electron chi connectivity index (χ4n) is 9.31. The summed E-state index contributed by atoms with van der Waals surface area (Å²) in [7, 11) is 0. The van der Waals surface area contributed by atoms with Gasteiger partial charge in [0.1, 0.15) is 0 Å². The third-order valence-electron chi connectivity index (χ3n) is 14.1. The molecule has 0 aromatic carbocycles. The molecule has 2 unspecified atom stereocenters. The molecule has 0 spiro atoms. The van der Waals surface area contributed by atoms with Crippen LogP contribution in [0.5, 0.6) is 0 Å². The Hall–Kier alpha value is -2.18. The minimum absolute atomic E-state index is 0.00324. The van der Waals surface area contributed by atoms with E-state index in [0.717, 1.165) is 64.2 Å². The average Bonchev–Trinajstić information content (AvgIpc) is 3.36. The zero-order chi connectivity index (χ0) is 50.7. The first-order chi connectivity index (χ1) is 34.5. The largest absolute Gasteiger partial charge is 0.466 e. The van der Waals surface area contributed by atoms with Gasteiger partial charge in [0.05, 0.1) is 25.4 Å². The van der Waals surface area contributed by atoms with Crippen molar-refractivity contribution in [2.75, 3.05) is 13.2 Å². The van der Waals surface area contributed by atoms with Gasteiger partial charge in [0.25, 0.3) is 0 Å². The Bertz CT molecular complexity index is 1180. The van der Waals surface area contributed by atoms with Crippen LogP contribution >= 0.6 is 0 Å². The number of hydrogen-bond acceptors (Lipinski definition) is 5. The molecule has 0 fully saturated rings. The van der Waals surface area contributed by atoms with Gasteiger partial charge in [-0.1, -0.05) is 268 Å². The quantitative estimate of drug-likeness (QED) is 0.0321. The Balaban J connectivity index is 3.45.